The lowest BCUT2D eigenvalue weighted by atomic mass is 10.1. The maximum Gasteiger partial charge on any atom is 0.246 e. The molecule has 7 nitrogen and oxygen atoms in total. The zero-order chi connectivity index (χ0) is 21.2. The van der Waals surface area contributed by atoms with E-state index in [0.717, 1.165) is 40.2 Å². The predicted molar refractivity (Wildman–Crippen MR) is 119 cm³/mol. The van der Waals surface area contributed by atoms with Crippen LogP contribution in [0, 0.1) is 11.5 Å². The molecule has 2 saturated heterocycles. The van der Waals surface area contributed by atoms with Crippen LogP contribution >= 0.6 is 11.3 Å². The van der Waals surface area contributed by atoms with Gasteiger partial charge in [-0.05, 0) is 24.3 Å². The van der Waals surface area contributed by atoms with E-state index in [9.17, 15) is 10.1 Å². The number of hydrogen-bond donors (Lipinski definition) is 0. The summed E-state index contributed by atoms with van der Waals surface area (Å²) < 4.78 is 6.08. The van der Waals surface area contributed by atoms with Gasteiger partial charge in [0.1, 0.15) is 27.5 Å². The van der Waals surface area contributed by atoms with E-state index in [0.29, 0.717) is 19.6 Å². The number of carbonyl (C=O) groups excluding carboxylic acids is 1. The Kier molecular flexibility index (Phi) is 5.28. The summed E-state index contributed by atoms with van der Waals surface area (Å²) in [6.07, 6.45) is 3.94. The van der Waals surface area contributed by atoms with Crippen LogP contribution in [0.4, 0.5) is 5.00 Å². The molecule has 0 bridgehead atoms. The highest BCUT2D eigenvalue weighted by molar-refractivity contribution is 7.19. The molecule has 2 aromatic carbocycles. The number of aromatic nitrogens is 1. The van der Waals surface area contributed by atoms with Crippen molar-refractivity contribution in [3.63, 3.8) is 0 Å². The maximum atomic E-state index is 13.2. The molecule has 0 spiro atoms. The Morgan fingerprint density at radius 3 is 2.65 bits per heavy atom. The summed E-state index contributed by atoms with van der Waals surface area (Å²) in [5, 5.41) is 10.9. The van der Waals surface area contributed by atoms with Gasteiger partial charge in [-0.3, -0.25) is 14.6 Å². The Labute approximate surface area is 184 Å². The second-order valence-electron chi connectivity index (χ2n) is 7.50. The van der Waals surface area contributed by atoms with Gasteiger partial charge in [-0.1, -0.05) is 41.7 Å². The van der Waals surface area contributed by atoms with E-state index >= 15 is 0 Å². The monoisotopic (exact) mass is 431 g/mol. The summed E-state index contributed by atoms with van der Waals surface area (Å²) in [5.41, 5.74) is 0.891. The number of ether oxygens (including phenoxy) is 1. The van der Waals surface area contributed by atoms with Gasteiger partial charge in [-0.2, -0.15) is 5.26 Å². The quantitative estimate of drug-likeness (QED) is 0.590. The zero-order valence-electron chi connectivity index (χ0n) is 16.8. The van der Waals surface area contributed by atoms with Gasteiger partial charge in [-0.25, -0.2) is 4.98 Å². The van der Waals surface area contributed by atoms with Crippen LogP contribution in [-0.2, 0) is 4.79 Å². The molecule has 1 unspecified atom stereocenters. The highest BCUT2D eigenvalue weighted by Gasteiger charge is 2.39. The fraction of sp³-hybridized carbons (Fsp3) is 0.261. The van der Waals surface area contributed by atoms with Gasteiger partial charge in [0.15, 0.2) is 6.19 Å². The van der Waals surface area contributed by atoms with E-state index in [1.807, 2.05) is 59.5 Å². The SMILES string of the molecule is N#CN1CCN2CCN(c3cnc(-c4ccccc4Oc4ccccc4)s3)C(=O)C2C1. The van der Waals surface area contributed by atoms with E-state index in [4.69, 9.17) is 4.74 Å². The largest absolute Gasteiger partial charge is 0.457 e. The number of fused-ring (bicyclic) bond motifs is 1. The van der Waals surface area contributed by atoms with Crippen molar-refractivity contribution < 1.29 is 9.53 Å². The number of piperazine rings is 2. The van der Waals surface area contributed by atoms with Crippen LogP contribution in [0.5, 0.6) is 11.5 Å². The molecule has 1 amide bonds. The molecule has 0 radical (unpaired) electrons. The van der Waals surface area contributed by atoms with E-state index in [1.165, 1.54) is 11.3 Å². The number of hydrogen-bond acceptors (Lipinski definition) is 7. The average Bonchev–Trinajstić information content (AvgIpc) is 3.30. The summed E-state index contributed by atoms with van der Waals surface area (Å²) in [7, 11) is 0. The summed E-state index contributed by atoms with van der Waals surface area (Å²) in [5.74, 6) is 1.52. The Bertz CT molecular complexity index is 1130. The van der Waals surface area contributed by atoms with Crippen LogP contribution in [-0.4, -0.2) is 59.5 Å². The number of nitrogens with zero attached hydrogens (tertiary/aromatic N) is 5. The standard InChI is InChI=1S/C23H21N5O2S/c24-16-26-10-11-27-12-13-28(23(29)19(27)15-26)21-14-25-22(31-21)18-8-4-5-9-20(18)30-17-6-2-1-3-7-17/h1-9,14,19H,10-13,15H2. The molecule has 2 aliphatic rings. The van der Waals surface area contributed by atoms with Crippen molar-refractivity contribution in [1.29, 1.82) is 5.26 Å². The second kappa shape index (κ2) is 8.38. The van der Waals surface area contributed by atoms with Gasteiger partial charge in [0.2, 0.25) is 5.91 Å². The van der Waals surface area contributed by atoms with E-state index < -0.39 is 0 Å². The number of benzene rings is 2. The van der Waals surface area contributed by atoms with Crippen molar-refractivity contribution in [2.45, 2.75) is 6.04 Å². The smallest absolute Gasteiger partial charge is 0.246 e. The number of nitriles is 1. The van der Waals surface area contributed by atoms with Gasteiger partial charge >= 0.3 is 0 Å². The third kappa shape index (κ3) is 3.85. The van der Waals surface area contributed by atoms with Crippen molar-refractivity contribution >= 4 is 22.2 Å². The number of anilines is 1. The minimum Gasteiger partial charge on any atom is -0.457 e. The topological polar surface area (TPSA) is 72.7 Å². The van der Waals surface area contributed by atoms with Crippen LogP contribution in [0.15, 0.2) is 60.8 Å². The van der Waals surface area contributed by atoms with Crippen molar-refractivity contribution in [2.75, 3.05) is 37.6 Å². The van der Waals surface area contributed by atoms with E-state index in [1.54, 1.807) is 11.1 Å². The highest BCUT2D eigenvalue weighted by atomic mass is 32.1. The van der Waals surface area contributed by atoms with Crippen molar-refractivity contribution in [1.82, 2.24) is 14.8 Å². The maximum absolute atomic E-state index is 13.2. The van der Waals surface area contributed by atoms with Gasteiger partial charge in [-0.15, -0.1) is 0 Å². The third-order valence-electron chi connectivity index (χ3n) is 5.64. The second-order valence-corrected chi connectivity index (χ2v) is 8.51. The number of carbonyl (C=O) groups is 1. The lowest BCUT2D eigenvalue weighted by molar-refractivity contribution is -0.127. The molecule has 0 saturated carbocycles. The van der Waals surface area contributed by atoms with Crippen molar-refractivity contribution in [3.8, 4) is 28.3 Å². The van der Waals surface area contributed by atoms with Gasteiger partial charge in [0, 0.05) is 26.2 Å². The number of thiazole rings is 1. The molecule has 0 N–H and O–H groups in total. The zero-order valence-corrected chi connectivity index (χ0v) is 17.7. The predicted octanol–water partition coefficient (Wildman–Crippen LogP) is 3.42. The van der Waals surface area contributed by atoms with Crippen LogP contribution in [0.2, 0.25) is 0 Å². The molecule has 1 atom stereocenters. The Morgan fingerprint density at radius 2 is 1.81 bits per heavy atom. The first-order chi connectivity index (χ1) is 15.2. The van der Waals surface area contributed by atoms with Crippen LogP contribution in [0.1, 0.15) is 0 Å². The van der Waals surface area contributed by atoms with Crippen molar-refractivity contribution in [3.05, 3.63) is 60.8 Å². The molecule has 1 aromatic heterocycles. The molecular formula is C23H21N5O2S. The van der Waals surface area contributed by atoms with Crippen LogP contribution in [0.3, 0.4) is 0 Å². The van der Waals surface area contributed by atoms with Gasteiger partial charge < -0.3 is 9.64 Å². The van der Waals surface area contributed by atoms with Crippen LogP contribution in [0.25, 0.3) is 10.6 Å². The van der Waals surface area contributed by atoms with Crippen molar-refractivity contribution in [2.24, 2.45) is 0 Å². The molecule has 31 heavy (non-hydrogen) atoms. The molecule has 2 aliphatic heterocycles. The summed E-state index contributed by atoms with van der Waals surface area (Å²) >= 11 is 1.48. The first-order valence-corrected chi connectivity index (χ1v) is 11.0. The summed E-state index contributed by atoms with van der Waals surface area (Å²) in [6, 6.07) is 17.2. The Morgan fingerprint density at radius 1 is 1.03 bits per heavy atom. The number of para-hydroxylation sites is 2. The molecular weight excluding hydrogens is 410 g/mol. The average molecular weight is 432 g/mol. The lowest BCUT2D eigenvalue weighted by Gasteiger charge is -2.44. The van der Waals surface area contributed by atoms with Crippen LogP contribution < -0.4 is 9.64 Å². The first-order valence-electron chi connectivity index (χ1n) is 10.2. The highest BCUT2D eigenvalue weighted by Crippen LogP contribution is 2.38. The molecule has 2 fully saturated rings. The summed E-state index contributed by atoms with van der Waals surface area (Å²) in [6.45, 7) is 3.31. The molecule has 8 heteroatoms. The molecule has 3 heterocycles. The normalized spacial score (nSPS) is 19.1. The van der Waals surface area contributed by atoms with Gasteiger partial charge in [0.05, 0.1) is 18.3 Å². The molecule has 156 valence electrons. The lowest BCUT2D eigenvalue weighted by Crippen LogP contribution is -2.64. The summed E-state index contributed by atoms with van der Waals surface area (Å²) in [4.78, 5) is 23.4. The molecule has 3 aromatic rings. The molecule has 0 aliphatic carbocycles. The first kappa shape index (κ1) is 19.5. The molecule has 5 rings (SSSR count). The fourth-order valence-corrected chi connectivity index (χ4v) is 4.99. The minimum absolute atomic E-state index is 0.0372. The van der Waals surface area contributed by atoms with Gasteiger partial charge in [0.25, 0.3) is 0 Å². The van der Waals surface area contributed by atoms with E-state index in [-0.39, 0.29) is 11.9 Å². The minimum atomic E-state index is -0.276. The Balaban J connectivity index is 1.39. The Hall–Kier alpha value is -3.41. The fourth-order valence-electron chi connectivity index (χ4n) is 4.01. The number of amides is 1. The number of rotatable bonds is 4. The van der Waals surface area contributed by atoms with E-state index in [2.05, 4.69) is 16.1 Å². The third-order valence-corrected chi connectivity index (χ3v) is 6.70.